The van der Waals surface area contributed by atoms with Gasteiger partial charge >= 0.3 is 0 Å². The maximum Gasteiger partial charge on any atom is 0.239 e. The molecule has 2 aromatic carbocycles. The van der Waals surface area contributed by atoms with Gasteiger partial charge in [0.2, 0.25) is 5.91 Å². The fourth-order valence-electron chi connectivity index (χ4n) is 3.39. The second kappa shape index (κ2) is 6.95. The number of nitrogens with zero attached hydrogens (tertiary/aromatic N) is 1. The van der Waals surface area contributed by atoms with Gasteiger partial charge in [-0.1, -0.05) is 60.7 Å². The van der Waals surface area contributed by atoms with Gasteiger partial charge in [0.1, 0.15) is 6.17 Å². The molecule has 2 atom stereocenters. The Morgan fingerprint density at radius 3 is 2.24 bits per heavy atom. The van der Waals surface area contributed by atoms with Crippen LogP contribution in [0.25, 0.3) is 0 Å². The average Bonchev–Trinajstić information content (AvgIpc) is 3.27. The average molecular weight is 332 g/mol. The third kappa shape index (κ3) is 3.35. The molecular weight excluding hydrogens is 312 g/mol. The molecule has 1 aromatic heterocycles. The highest BCUT2D eigenvalue weighted by Gasteiger charge is 2.40. The highest BCUT2D eigenvalue weighted by molar-refractivity contribution is 5.84. The van der Waals surface area contributed by atoms with Crippen LogP contribution in [0.3, 0.4) is 0 Å². The Morgan fingerprint density at radius 2 is 1.60 bits per heavy atom. The van der Waals surface area contributed by atoms with E-state index in [4.69, 9.17) is 4.42 Å². The van der Waals surface area contributed by atoms with Crippen molar-refractivity contribution in [2.45, 2.75) is 25.2 Å². The number of amides is 1. The van der Waals surface area contributed by atoms with Gasteiger partial charge in [-0.05, 0) is 23.6 Å². The Bertz CT molecular complexity index is 816. The minimum atomic E-state index is -0.206. The normalized spacial score (nSPS) is 20.6. The summed E-state index contributed by atoms with van der Waals surface area (Å²) in [4.78, 5) is 14.9. The molecule has 0 aliphatic carbocycles. The maximum atomic E-state index is 12.7. The summed E-state index contributed by atoms with van der Waals surface area (Å²) in [6, 6.07) is 22.1. The number of furan rings is 1. The van der Waals surface area contributed by atoms with Gasteiger partial charge in [-0.15, -0.1) is 0 Å². The number of benzene rings is 2. The lowest BCUT2D eigenvalue weighted by atomic mass is 10.0. The van der Waals surface area contributed by atoms with Crippen molar-refractivity contribution < 1.29 is 9.21 Å². The highest BCUT2D eigenvalue weighted by atomic mass is 16.3. The van der Waals surface area contributed by atoms with E-state index in [0.29, 0.717) is 13.0 Å². The summed E-state index contributed by atoms with van der Waals surface area (Å²) in [5, 5.41) is 3.12. The molecule has 1 fully saturated rings. The van der Waals surface area contributed by atoms with Gasteiger partial charge in [0.05, 0.1) is 18.6 Å². The van der Waals surface area contributed by atoms with E-state index in [1.54, 1.807) is 12.5 Å². The SMILES string of the molecule is O=C1NC(c2ccoc2)N(Cc2ccccc2)[C@H]1Cc1ccccc1. The molecule has 126 valence electrons. The third-order valence-corrected chi connectivity index (χ3v) is 4.65. The second-order valence-electron chi connectivity index (χ2n) is 6.33. The zero-order chi connectivity index (χ0) is 17.1. The first kappa shape index (κ1) is 15.7. The van der Waals surface area contributed by atoms with E-state index in [9.17, 15) is 4.79 Å². The number of carbonyl (C=O) groups excluding carboxylic acids is 1. The van der Waals surface area contributed by atoms with E-state index in [2.05, 4.69) is 34.5 Å². The molecule has 0 bridgehead atoms. The smallest absolute Gasteiger partial charge is 0.239 e. The van der Waals surface area contributed by atoms with Crippen LogP contribution in [0.1, 0.15) is 22.9 Å². The Kier molecular flexibility index (Phi) is 4.36. The molecule has 1 unspecified atom stereocenters. The largest absolute Gasteiger partial charge is 0.472 e. The van der Waals surface area contributed by atoms with Crippen LogP contribution < -0.4 is 5.32 Å². The summed E-state index contributed by atoms with van der Waals surface area (Å²) < 4.78 is 5.24. The summed E-state index contributed by atoms with van der Waals surface area (Å²) in [6.45, 7) is 0.701. The Balaban J connectivity index is 1.64. The molecule has 25 heavy (non-hydrogen) atoms. The number of carbonyl (C=O) groups is 1. The molecule has 2 heterocycles. The molecule has 0 saturated carbocycles. The molecule has 4 nitrogen and oxygen atoms in total. The van der Waals surface area contributed by atoms with Crippen molar-refractivity contribution in [3.05, 3.63) is 95.9 Å². The van der Waals surface area contributed by atoms with Crippen molar-refractivity contribution in [3.8, 4) is 0 Å². The fourth-order valence-corrected chi connectivity index (χ4v) is 3.39. The molecule has 0 spiro atoms. The number of hydrogen-bond donors (Lipinski definition) is 1. The minimum Gasteiger partial charge on any atom is -0.472 e. The molecule has 4 rings (SSSR count). The lowest BCUT2D eigenvalue weighted by Gasteiger charge is -2.27. The quantitative estimate of drug-likeness (QED) is 0.777. The van der Waals surface area contributed by atoms with Crippen molar-refractivity contribution in [1.82, 2.24) is 10.2 Å². The summed E-state index contributed by atoms with van der Waals surface area (Å²) in [5.74, 6) is 0.0611. The first-order valence-electron chi connectivity index (χ1n) is 8.47. The molecule has 1 aliphatic heterocycles. The number of nitrogens with one attached hydrogen (secondary N) is 1. The van der Waals surface area contributed by atoms with Crippen LogP contribution >= 0.6 is 0 Å². The highest BCUT2D eigenvalue weighted by Crippen LogP contribution is 2.30. The topological polar surface area (TPSA) is 45.5 Å². The van der Waals surface area contributed by atoms with Crippen molar-refractivity contribution in [2.75, 3.05) is 0 Å². The van der Waals surface area contributed by atoms with Gasteiger partial charge in [0, 0.05) is 12.1 Å². The predicted octanol–water partition coefficient (Wildman–Crippen LogP) is 3.52. The van der Waals surface area contributed by atoms with Crippen molar-refractivity contribution in [3.63, 3.8) is 0 Å². The molecule has 3 aromatic rings. The standard InChI is InChI=1S/C21H20N2O2/c24-21-19(13-16-7-3-1-4-8-16)23(14-17-9-5-2-6-10-17)20(22-21)18-11-12-25-15-18/h1-12,15,19-20H,13-14H2,(H,22,24)/t19-,20?/m0/s1. The van der Waals surface area contributed by atoms with Gasteiger partial charge in [-0.3, -0.25) is 9.69 Å². The third-order valence-electron chi connectivity index (χ3n) is 4.65. The van der Waals surface area contributed by atoms with E-state index in [1.807, 2.05) is 42.5 Å². The van der Waals surface area contributed by atoms with Crippen LogP contribution in [0, 0.1) is 0 Å². The molecule has 1 saturated heterocycles. The zero-order valence-corrected chi connectivity index (χ0v) is 13.8. The molecule has 0 radical (unpaired) electrons. The van der Waals surface area contributed by atoms with Crippen molar-refractivity contribution in [2.24, 2.45) is 0 Å². The Hall–Kier alpha value is -2.85. The van der Waals surface area contributed by atoms with Crippen LogP contribution in [-0.4, -0.2) is 16.8 Å². The molecule has 1 N–H and O–H groups in total. The predicted molar refractivity (Wildman–Crippen MR) is 95.5 cm³/mol. The number of hydrogen-bond acceptors (Lipinski definition) is 3. The lowest BCUT2D eigenvalue weighted by Crippen LogP contribution is -2.35. The van der Waals surface area contributed by atoms with Gasteiger partial charge in [-0.2, -0.15) is 0 Å². The van der Waals surface area contributed by atoms with E-state index in [0.717, 1.165) is 11.1 Å². The van der Waals surface area contributed by atoms with E-state index in [1.165, 1.54) is 5.56 Å². The second-order valence-corrected chi connectivity index (χ2v) is 6.33. The summed E-state index contributed by atoms with van der Waals surface area (Å²) in [5.41, 5.74) is 3.32. The van der Waals surface area contributed by atoms with Crippen LogP contribution in [0.5, 0.6) is 0 Å². The van der Waals surface area contributed by atoms with Gasteiger partial charge in [-0.25, -0.2) is 0 Å². The van der Waals surface area contributed by atoms with E-state index >= 15 is 0 Å². The monoisotopic (exact) mass is 332 g/mol. The first-order valence-corrected chi connectivity index (χ1v) is 8.47. The lowest BCUT2D eigenvalue weighted by molar-refractivity contribution is -0.121. The van der Waals surface area contributed by atoms with Crippen LogP contribution in [0.4, 0.5) is 0 Å². The van der Waals surface area contributed by atoms with Crippen LogP contribution in [0.2, 0.25) is 0 Å². The fraction of sp³-hybridized carbons (Fsp3) is 0.190. The van der Waals surface area contributed by atoms with Crippen LogP contribution in [0.15, 0.2) is 83.7 Å². The van der Waals surface area contributed by atoms with E-state index in [-0.39, 0.29) is 18.1 Å². The zero-order valence-electron chi connectivity index (χ0n) is 13.8. The summed E-state index contributed by atoms with van der Waals surface area (Å²) >= 11 is 0. The van der Waals surface area contributed by atoms with Gasteiger partial charge in [0.25, 0.3) is 0 Å². The van der Waals surface area contributed by atoms with Gasteiger partial charge in [0.15, 0.2) is 0 Å². The molecule has 4 heteroatoms. The maximum absolute atomic E-state index is 12.7. The minimum absolute atomic E-state index is 0.0611. The number of rotatable bonds is 5. The molecule has 1 amide bonds. The first-order chi connectivity index (χ1) is 12.3. The summed E-state index contributed by atoms with van der Waals surface area (Å²) in [7, 11) is 0. The Morgan fingerprint density at radius 1 is 0.920 bits per heavy atom. The van der Waals surface area contributed by atoms with Gasteiger partial charge < -0.3 is 9.73 Å². The summed E-state index contributed by atoms with van der Waals surface area (Å²) in [6.07, 6.45) is 3.87. The van der Waals surface area contributed by atoms with Crippen LogP contribution in [-0.2, 0) is 17.8 Å². The Labute approximate surface area is 147 Å². The van der Waals surface area contributed by atoms with E-state index < -0.39 is 0 Å². The van der Waals surface area contributed by atoms with Crippen molar-refractivity contribution >= 4 is 5.91 Å². The van der Waals surface area contributed by atoms with Crippen molar-refractivity contribution in [1.29, 1.82) is 0 Å². The molecular formula is C21H20N2O2. The molecule has 1 aliphatic rings.